The maximum Gasteiger partial charge on any atom is 0.273 e. The maximum absolute atomic E-state index is 14.1. The molecule has 2 heterocycles. The van der Waals surface area contributed by atoms with Crippen molar-refractivity contribution < 1.29 is 22.9 Å². The van der Waals surface area contributed by atoms with Gasteiger partial charge in [-0.2, -0.15) is 0 Å². The van der Waals surface area contributed by atoms with Crippen molar-refractivity contribution in [2.45, 2.75) is 58.0 Å². The lowest BCUT2D eigenvalue weighted by molar-refractivity contribution is -0.136. The third-order valence-electron chi connectivity index (χ3n) is 7.35. The number of piperidine rings is 1. The lowest BCUT2D eigenvalue weighted by atomic mass is 9.74. The molecule has 0 unspecified atom stereocenters. The monoisotopic (exact) mass is 488 g/mol. The minimum Gasteiger partial charge on any atom is -0.355 e. The van der Waals surface area contributed by atoms with Crippen LogP contribution in [0.3, 0.4) is 0 Å². The third-order valence-corrected chi connectivity index (χ3v) is 7.35. The van der Waals surface area contributed by atoms with Crippen molar-refractivity contribution in [3.8, 4) is 11.3 Å². The molecule has 1 aromatic heterocycles. The van der Waals surface area contributed by atoms with Gasteiger partial charge in [0.2, 0.25) is 5.91 Å². The molecular formula is C26H34F2N4O3. The number of nitrogens with one attached hydrogen (secondary N) is 1. The van der Waals surface area contributed by atoms with Gasteiger partial charge in [0.05, 0.1) is 11.5 Å². The first-order valence-electron chi connectivity index (χ1n) is 12.2. The van der Waals surface area contributed by atoms with E-state index in [0.29, 0.717) is 24.4 Å². The molecule has 1 aromatic carbocycles. The first-order chi connectivity index (χ1) is 16.5. The SMILES string of the molecule is CN(C)C(=O)[C@@H]1CN([C@@H]2CCCC(C)(C)C2)CC[C@H]1NC(=O)c1cc(-c2ccc(F)cc2F)on1. The van der Waals surface area contributed by atoms with E-state index < -0.39 is 17.5 Å². The number of nitrogens with zero attached hydrogens (tertiary/aromatic N) is 3. The minimum atomic E-state index is -0.803. The van der Waals surface area contributed by atoms with Crippen molar-refractivity contribution in [1.29, 1.82) is 0 Å². The van der Waals surface area contributed by atoms with Crippen LogP contribution in [0.4, 0.5) is 8.78 Å². The average molecular weight is 489 g/mol. The molecule has 190 valence electrons. The number of halogens is 2. The Bertz CT molecular complexity index is 1080. The molecule has 2 aromatic rings. The second kappa shape index (κ2) is 10.0. The molecule has 2 amide bonds. The Morgan fingerprint density at radius 1 is 1.20 bits per heavy atom. The number of carbonyl (C=O) groups excluding carboxylic acids is 2. The van der Waals surface area contributed by atoms with Crippen LogP contribution in [0.2, 0.25) is 0 Å². The molecule has 0 radical (unpaired) electrons. The molecule has 7 nitrogen and oxygen atoms in total. The lowest BCUT2D eigenvalue weighted by Gasteiger charge is -2.46. The Kier molecular flexibility index (Phi) is 7.26. The first-order valence-corrected chi connectivity index (χ1v) is 12.2. The standard InChI is InChI=1S/C26H34F2N4O3/c1-26(2)10-5-6-17(14-26)32-11-9-21(19(15-32)25(34)31(3)4)29-24(33)22-13-23(35-30-22)18-8-7-16(27)12-20(18)28/h7-8,12-13,17,19,21H,5-6,9-11,14-15H2,1-4H3,(H,29,33)/t17-,19-,21-/m1/s1. The highest BCUT2D eigenvalue weighted by Gasteiger charge is 2.40. The van der Waals surface area contributed by atoms with Crippen LogP contribution in [0.15, 0.2) is 28.8 Å². The Hall–Kier alpha value is -2.81. The summed E-state index contributed by atoms with van der Waals surface area (Å²) in [5, 5.41) is 6.74. The van der Waals surface area contributed by atoms with Crippen molar-refractivity contribution in [1.82, 2.24) is 20.3 Å². The van der Waals surface area contributed by atoms with Gasteiger partial charge in [0.15, 0.2) is 11.5 Å². The fraction of sp³-hybridized carbons (Fsp3) is 0.577. The van der Waals surface area contributed by atoms with Crippen LogP contribution < -0.4 is 5.32 Å². The largest absolute Gasteiger partial charge is 0.355 e. The number of aromatic nitrogens is 1. The van der Waals surface area contributed by atoms with Gasteiger partial charge in [0.1, 0.15) is 11.6 Å². The molecule has 0 spiro atoms. The van der Waals surface area contributed by atoms with Gasteiger partial charge >= 0.3 is 0 Å². The molecule has 1 aliphatic carbocycles. The van der Waals surface area contributed by atoms with E-state index >= 15 is 0 Å². The average Bonchev–Trinajstić information content (AvgIpc) is 3.28. The molecule has 1 aliphatic heterocycles. The number of benzene rings is 1. The van der Waals surface area contributed by atoms with Gasteiger partial charge in [0.25, 0.3) is 5.91 Å². The summed E-state index contributed by atoms with van der Waals surface area (Å²) in [5.41, 5.74) is 0.294. The fourth-order valence-electron chi connectivity index (χ4n) is 5.47. The zero-order valence-corrected chi connectivity index (χ0v) is 20.8. The molecular weight excluding hydrogens is 454 g/mol. The van der Waals surface area contributed by atoms with Crippen LogP contribution in [-0.2, 0) is 4.79 Å². The van der Waals surface area contributed by atoms with E-state index in [2.05, 4.69) is 29.2 Å². The van der Waals surface area contributed by atoms with E-state index in [4.69, 9.17) is 4.52 Å². The lowest BCUT2D eigenvalue weighted by Crippen LogP contribution is -2.58. The van der Waals surface area contributed by atoms with Crippen molar-refractivity contribution >= 4 is 11.8 Å². The van der Waals surface area contributed by atoms with Gasteiger partial charge in [0, 0.05) is 51.4 Å². The smallest absolute Gasteiger partial charge is 0.273 e. The van der Waals surface area contributed by atoms with Crippen LogP contribution in [0.25, 0.3) is 11.3 Å². The summed E-state index contributed by atoms with van der Waals surface area (Å²) in [6, 6.07) is 4.51. The van der Waals surface area contributed by atoms with Crippen LogP contribution in [0, 0.1) is 23.0 Å². The van der Waals surface area contributed by atoms with E-state index in [1.165, 1.54) is 25.0 Å². The van der Waals surface area contributed by atoms with E-state index in [1.807, 2.05) is 0 Å². The van der Waals surface area contributed by atoms with Gasteiger partial charge in [-0.1, -0.05) is 25.4 Å². The Morgan fingerprint density at radius 3 is 2.66 bits per heavy atom. The van der Waals surface area contributed by atoms with E-state index in [-0.39, 0.29) is 34.9 Å². The molecule has 2 fully saturated rings. The van der Waals surface area contributed by atoms with Crippen LogP contribution in [0.1, 0.15) is 56.4 Å². The highest BCUT2D eigenvalue weighted by atomic mass is 19.1. The predicted octanol–water partition coefficient (Wildman–Crippen LogP) is 4.10. The first kappa shape index (κ1) is 25.3. The Labute approximate surface area is 204 Å². The molecule has 1 saturated carbocycles. The fourth-order valence-corrected chi connectivity index (χ4v) is 5.47. The number of rotatable bonds is 5. The molecule has 3 atom stereocenters. The van der Waals surface area contributed by atoms with Gasteiger partial charge in [-0.15, -0.1) is 0 Å². The zero-order chi connectivity index (χ0) is 25.3. The van der Waals surface area contributed by atoms with Gasteiger partial charge in [-0.05, 0) is 43.2 Å². The van der Waals surface area contributed by atoms with E-state index in [0.717, 1.165) is 31.5 Å². The molecule has 35 heavy (non-hydrogen) atoms. The molecule has 0 bridgehead atoms. The van der Waals surface area contributed by atoms with Crippen molar-refractivity contribution in [2.24, 2.45) is 11.3 Å². The Balaban J connectivity index is 1.47. The molecule has 2 aliphatic rings. The summed E-state index contributed by atoms with van der Waals surface area (Å²) in [6.45, 7) is 6.00. The number of carbonyl (C=O) groups is 2. The van der Waals surface area contributed by atoms with Crippen LogP contribution >= 0.6 is 0 Å². The normalized spacial score (nSPS) is 24.7. The van der Waals surface area contributed by atoms with Gasteiger partial charge < -0.3 is 14.7 Å². The Morgan fingerprint density at radius 2 is 1.97 bits per heavy atom. The van der Waals surface area contributed by atoms with Crippen LogP contribution in [-0.4, -0.2) is 66.0 Å². The number of amides is 2. The quantitative estimate of drug-likeness (QED) is 0.686. The number of likely N-dealkylation sites (tertiary alicyclic amines) is 1. The van der Waals surface area contributed by atoms with Crippen molar-refractivity contribution in [3.63, 3.8) is 0 Å². The second-order valence-electron chi connectivity index (χ2n) is 10.8. The second-order valence-corrected chi connectivity index (χ2v) is 10.8. The number of hydrogen-bond donors (Lipinski definition) is 1. The summed E-state index contributed by atoms with van der Waals surface area (Å²) >= 11 is 0. The van der Waals surface area contributed by atoms with E-state index in [1.54, 1.807) is 19.0 Å². The van der Waals surface area contributed by atoms with Gasteiger partial charge in [-0.25, -0.2) is 8.78 Å². The number of hydrogen-bond acceptors (Lipinski definition) is 5. The summed E-state index contributed by atoms with van der Waals surface area (Å²) in [5.74, 6) is -2.37. The van der Waals surface area contributed by atoms with Gasteiger partial charge in [-0.3, -0.25) is 14.5 Å². The van der Waals surface area contributed by atoms with E-state index in [9.17, 15) is 18.4 Å². The molecule has 1 saturated heterocycles. The summed E-state index contributed by atoms with van der Waals surface area (Å²) in [4.78, 5) is 30.0. The highest BCUT2D eigenvalue weighted by Crippen LogP contribution is 2.38. The minimum absolute atomic E-state index is 0.0160. The zero-order valence-electron chi connectivity index (χ0n) is 20.8. The maximum atomic E-state index is 14.1. The van der Waals surface area contributed by atoms with Crippen LogP contribution in [0.5, 0.6) is 0 Å². The topological polar surface area (TPSA) is 78.7 Å². The van der Waals surface area contributed by atoms with Crippen molar-refractivity contribution in [3.05, 3.63) is 41.6 Å². The third kappa shape index (κ3) is 5.72. The molecule has 4 rings (SSSR count). The molecule has 9 heteroatoms. The summed E-state index contributed by atoms with van der Waals surface area (Å²) in [7, 11) is 3.45. The summed E-state index contributed by atoms with van der Waals surface area (Å²) < 4.78 is 32.5. The summed E-state index contributed by atoms with van der Waals surface area (Å²) in [6.07, 6.45) is 5.28. The highest BCUT2D eigenvalue weighted by molar-refractivity contribution is 5.94. The molecule has 1 N–H and O–H groups in total. The van der Waals surface area contributed by atoms with Crippen molar-refractivity contribution in [2.75, 3.05) is 27.2 Å². The predicted molar refractivity (Wildman–Crippen MR) is 128 cm³/mol.